The predicted molar refractivity (Wildman–Crippen MR) is 91.2 cm³/mol. The molecule has 0 bridgehead atoms. The second kappa shape index (κ2) is 6.15. The van der Waals surface area contributed by atoms with Gasteiger partial charge in [-0.25, -0.2) is 23.4 Å². The highest BCUT2D eigenvalue weighted by Crippen LogP contribution is 2.40. The Morgan fingerprint density at radius 2 is 1.80 bits per heavy atom. The number of rotatable bonds is 4. The first-order valence-electron chi connectivity index (χ1n) is 9.19. The Kier molecular flexibility index (Phi) is 4.08. The minimum Gasteiger partial charge on any atom is -0.216 e. The zero-order valence-corrected chi connectivity index (χ0v) is 14.8. The quantitative estimate of drug-likeness (QED) is 0.817. The van der Waals surface area contributed by atoms with Gasteiger partial charge in [0.1, 0.15) is 0 Å². The summed E-state index contributed by atoms with van der Waals surface area (Å²) in [5.41, 5.74) is 3.99. The van der Waals surface area contributed by atoms with E-state index in [1.807, 2.05) is 24.6 Å². The van der Waals surface area contributed by atoms with E-state index in [-0.39, 0.29) is 18.8 Å². The van der Waals surface area contributed by atoms with Crippen molar-refractivity contribution in [1.82, 2.24) is 19.7 Å². The van der Waals surface area contributed by atoms with Gasteiger partial charge in [0, 0.05) is 35.8 Å². The Bertz CT molecular complexity index is 770. The van der Waals surface area contributed by atoms with E-state index in [4.69, 9.17) is 4.98 Å². The molecule has 2 saturated carbocycles. The summed E-state index contributed by atoms with van der Waals surface area (Å²) in [6.45, 7) is 3.97. The average Bonchev–Trinajstić information content (AvgIpc) is 3.32. The monoisotopic (exact) mass is 346 g/mol. The summed E-state index contributed by atoms with van der Waals surface area (Å²) in [7, 11) is 0. The number of alkyl halides is 2. The van der Waals surface area contributed by atoms with E-state index in [1.54, 1.807) is 0 Å². The predicted octanol–water partition coefficient (Wildman–Crippen LogP) is 4.52. The van der Waals surface area contributed by atoms with E-state index in [0.717, 1.165) is 29.2 Å². The molecule has 0 radical (unpaired) electrons. The van der Waals surface area contributed by atoms with Crippen molar-refractivity contribution in [2.75, 3.05) is 0 Å². The van der Waals surface area contributed by atoms with Crippen molar-refractivity contribution in [3.8, 4) is 5.95 Å². The molecule has 0 unspecified atom stereocenters. The van der Waals surface area contributed by atoms with Crippen LogP contribution < -0.4 is 0 Å². The molecular weight excluding hydrogens is 322 g/mol. The molecule has 0 aromatic carbocycles. The van der Waals surface area contributed by atoms with Crippen LogP contribution in [0.5, 0.6) is 0 Å². The SMILES string of the molecule is Cc1cc(CC2CCC(F)(F)CC2)nc(-n2nc(C3CC3)cc2C)n1. The molecule has 6 heteroatoms. The Hall–Kier alpha value is -1.85. The maximum Gasteiger partial charge on any atom is 0.251 e. The molecule has 134 valence electrons. The molecule has 4 nitrogen and oxygen atoms in total. The summed E-state index contributed by atoms with van der Waals surface area (Å²) in [6, 6.07) is 4.09. The van der Waals surface area contributed by atoms with Gasteiger partial charge in [0.15, 0.2) is 0 Å². The maximum absolute atomic E-state index is 13.3. The van der Waals surface area contributed by atoms with Gasteiger partial charge >= 0.3 is 0 Å². The summed E-state index contributed by atoms with van der Waals surface area (Å²) >= 11 is 0. The van der Waals surface area contributed by atoms with E-state index in [9.17, 15) is 8.78 Å². The fraction of sp³-hybridized carbons (Fsp3) is 0.632. The van der Waals surface area contributed by atoms with E-state index >= 15 is 0 Å². The molecule has 0 N–H and O–H groups in total. The van der Waals surface area contributed by atoms with Crippen LogP contribution in [0, 0.1) is 19.8 Å². The highest BCUT2D eigenvalue weighted by Gasteiger charge is 2.35. The van der Waals surface area contributed by atoms with Gasteiger partial charge in [-0.2, -0.15) is 5.10 Å². The van der Waals surface area contributed by atoms with Crippen LogP contribution in [0.15, 0.2) is 12.1 Å². The molecule has 2 aromatic rings. The normalized spacial score (nSPS) is 20.8. The summed E-state index contributed by atoms with van der Waals surface area (Å²) in [5.74, 6) is -1.01. The highest BCUT2D eigenvalue weighted by atomic mass is 19.3. The lowest BCUT2D eigenvalue weighted by Gasteiger charge is -2.28. The molecule has 2 fully saturated rings. The zero-order chi connectivity index (χ0) is 17.6. The number of hydrogen-bond donors (Lipinski definition) is 0. The Balaban J connectivity index is 1.54. The average molecular weight is 346 g/mol. The topological polar surface area (TPSA) is 43.6 Å². The lowest BCUT2D eigenvalue weighted by molar-refractivity contribution is -0.0457. The van der Waals surface area contributed by atoms with Crippen LogP contribution in [0.4, 0.5) is 8.78 Å². The molecule has 0 aliphatic heterocycles. The number of halogens is 2. The zero-order valence-electron chi connectivity index (χ0n) is 14.8. The van der Waals surface area contributed by atoms with Crippen LogP contribution in [-0.2, 0) is 6.42 Å². The number of nitrogens with zero attached hydrogens (tertiary/aromatic N) is 4. The number of aromatic nitrogens is 4. The molecule has 0 spiro atoms. The van der Waals surface area contributed by atoms with Gasteiger partial charge in [0.05, 0.1) is 5.69 Å². The van der Waals surface area contributed by atoms with Crippen molar-refractivity contribution >= 4 is 0 Å². The lowest BCUT2D eigenvalue weighted by atomic mass is 9.84. The Morgan fingerprint density at radius 3 is 2.48 bits per heavy atom. The van der Waals surface area contributed by atoms with E-state index in [1.165, 1.54) is 12.8 Å². The fourth-order valence-corrected chi connectivity index (χ4v) is 3.70. The minimum absolute atomic E-state index is 0.00238. The van der Waals surface area contributed by atoms with Crippen LogP contribution >= 0.6 is 0 Å². The summed E-state index contributed by atoms with van der Waals surface area (Å²) in [4.78, 5) is 9.23. The molecule has 0 saturated heterocycles. The molecular formula is C19H24F2N4. The van der Waals surface area contributed by atoms with Crippen molar-refractivity contribution in [3.63, 3.8) is 0 Å². The van der Waals surface area contributed by atoms with E-state index in [2.05, 4.69) is 16.1 Å². The summed E-state index contributed by atoms with van der Waals surface area (Å²) < 4.78 is 28.5. The van der Waals surface area contributed by atoms with Crippen LogP contribution in [0.25, 0.3) is 5.95 Å². The van der Waals surface area contributed by atoms with Gasteiger partial charge in [-0.05, 0) is 64.0 Å². The Labute approximate surface area is 146 Å². The largest absolute Gasteiger partial charge is 0.251 e. The van der Waals surface area contributed by atoms with E-state index in [0.29, 0.717) is 24.7 Å². The minimum atomic E-state index is -2.48. The molecule has 2 aliphatic rings. The third-order valence-electron chi connectivity index (χ3n) is 5.32. The van der Waals surface area contributed by atoms with Crippen LogP contribution in [0.3, 0.4) is 0 Å². The summed E-state index contributed by atoms with van der Waals surface area (Å²) in [6.07, 6.45) is 4.29. The van der Waals surface area contributed by atoms with Gasteiger partial charge in [-0.3, -0.25) is 0 Å². The van der Waals surface area contributed by atoms with Crippen molar-refractivity contribution in [3.05, 3.63) is 34.9 Å². The molecule has 0 atom stereocenters. The van der Waals surface area contributed by atoms with Crippen molar-refractivity contribution in [2.24, 2.45) is 5.92 Å². The van der Waals surface area contributed by atoms with Gasteiger partial charge < -0.3 is 0 Å². The summed E-state index contributed by atoms with van der Waals surface area (Å²) in [5, 5.41) is 4.68. The first-order valence-corrected chi connectivity index (χ1v) is 9.19. The second-order valence-electron chi connectivity index (χ2n) is 7.70. The molecule has 25 heavy (non-hydrogen) atoms. The van der Waals surface area contributed by atoms with Crippen molar-refractivity contribution in [1.29, 1.82) is 0 Å². The molecule has 4 rings (SSSR count). The molecule has 2 aromatic heterocycles. The smallest absolute Gasteiger partial charge is 0.216 e. The first-order chi connectivity index (χ1) is 11.9. The number of hydrogen-bond acceptors (Lipinski definition) is 3. The van der Waals surface area contributed by atoms with Crippen molar-refractivity contribution < 1.29 is 8.78 Å². The van der Waals surface area contributed by atoms with Crippen LogP contribution in [0.2, 0.25) is 0 Å². The number of aryl methyl sites for hydroxylation is 2. The Morgan fingerprint density at radius 1 is 1.08 bits per heavy atom. The van der Waals surface area contributed by atoms with Gasteiger partial charge in [0.2, 0.25) is 5.92 Å². The van der Waals surface area contributed by atoms with E-state index < -0.39 is 5.92 Å². The van der Waals surface area contributed by atoms with Crippen LogP contribution in [-0.4, -0.2) is 25.7 Å². The standard InChI is InChI=1S/C19H24F2N4/c1-12-9-16(11-14-5-7-19(20,21)8-6-14)23-18(22-12)25-13(2)10-17(24-25)15-3-4-15/h9-10,14-15H,3-8,11H2,1-2H3. The first kappa shape index (κ1) is 16.6. The molecule has 2 heterocycles. The third-order valence-corrected chi connectivity index (χ3v) is 5.32. The molecule has 0 amide bonds. The van der Waals surface area contributed by atoms with Gasteiger partial charge in [-0.15, -0.1) is 0 Å². The second-order valence-corrected chi connectivity index (χ2v) is 7.70. The third kappa shape index (κ3) is 3.72. The lowest BCUT2D eigenvalue weighted by Crippen LogP contribution is -2.25. The highest BCUT2D eigenvalue weighted by molar-refractivity contribution is 5.26. The molecule has 2 aliphatic carbocycles. The fourth-order valence-electron chi connectivity index (χ4n) is 3.70. The van der Waals surface area contributed by atoms with Gasteiger partial charge in [-0.1, -0.05) is 0 Å². The van der Waals surface area contributed by atoms with Gasteiger partial charge in [0.25, 0.3) is 5.95 Å². The van der Waals surface area contributed by atoms with Crippen molar-refractivity contribution in [2.45, 2.75) is 70.6 Å². The van der Waals surface area contributed by atoms with Crippen LogP contribution in [0.1, 0.15) is 67.2 Å². The maximum atomic E-state index is 13.3.